The lowest BCUT2D eigenvalue weighted by Gasteiger charge is -2.07. The Morgan fingerprint density at radius 2 is 1.77 bits per heavy atom. The van der Waals surface area contributed by atoms with E-state index in [4.69, 9.17) is 11.6 Å². The summed E-state index contributed by atoms with van der Waals surface area (Å²) in [6, 6.07) is 13.7. The lowest BCUT2D eigenvalue weighted by atomic mass is 10.2. The predicted octanol–water partition coefficient (Wildman–Crippen LogP) is 5.74. The maximum Gasteiger partial charge on any atom is 0.435 e. The topological polar surface area (TPSA) is 64.8 Å². The molecule has 0 fully saturated rings. The highest BCUT2D eigenvalue weighted by atomic mass is 35.5. The van der Waals surface area contributed by atoms with Gasteiger partial charge < -0.3 is 0 Å². The van der Waals surface area contributed by atoms with Gasteiger partial charge in [0.05, 0.1) is 20.5 Å². The van der Waals surface area contributed by atoms with Crippen molar-refractivity contribution in [3.05, 3.63) is 71.5 Å². The van der Waals surface area contributed by atoms with Crippen LogP contribution in [0.4, 0.5) is 13.2 Å². The predicted molar refractivity (Wildman–Crippen MR) is 113 cm³/mol. The van der Waals surface area contributed by atoms with Crippen LogP contribution in [0.15, 0.2) is 65.7 Å². The number of rotatable bonds is 4. The van der Waals surface area contributed by atoms with Crippen molar-refractivity contribution in [2.45, 2.75) is 11.1 Å². The molecule has 0 bridgehead atoms. The van der Waals surface area contributed by atoms with Crippen LogP contribution in [0.5, 0.6) is 0 Å². The third kappa shape index (κ3) is 4.36. The quantitative estimate of drug-likeness (QED) is 0.371. The maximum atomic E-state index is 13.4. The number of aromatic nitrogens is 3. The molecule has 5 nitrogen and oxygen atoms in total. The summed E-state index contributed by atoms with van der Waals surface area (Å²) in [4.78, 5) is 5.41. The molecule has 31 heavy (non-hydrogen) atoms. The molecular formula is C20H13ClF3N3O2S2. The number of hydrogen-bond acceptors (Lipinski definition) is 5. The zero-order valence-corrected chi connectivity index (χ0v) is 18.1. The largest absolute Gasteiger partial charge is 0.435 e. The summed E-state index contributed by atoms with van der Waals surface area (Å²) < 4.78 is 64.8. The van der Waals surface area contributed by atoms with Gasteiger partial charge in [-0.3, -0.25) is 0 Å². The van der Waals surface area contributed by atoms with E-state index in [1.54, 1.807) is 30.3 Å². The Labute approximate surface area is 184 Å². The number of halogens is 4. The molecule has 0 saturated heterocycles. The first-order chi connectivity index (χ1) is 14.5. The summed E-state index contributed by atoms with van der Waals surface area (Å²) >= 11 is 7.35. The van der Waals surface area contributed by atoms with Gasteiger partial charge in [-0.05, 0) is 48.0 Å². The van der Waals surface area contributed by atoms with Crippen molar-refractivity contribution in [1.29, 1.82) is 0 Å². The second kappa shape index (κ2) is 7.77. The van der Waals surface area contributed by atoms with Gasteiger partial charge in [-0.15, -0.1) is 11.3 Å². The van der Waals surface area contributed by atoms with E-state index in [2.05, 4.69) is 10.1 Å². The number of sulfone groups is 1. The standard InChI is InChI=1S/C20H13ClF3N3O2S2/c1-31(28,29)13-5-2-4-12(10-13)16-7-8-17(30-16)15-11-18(20(22,23)24)26-27(15)19-14(21)6-3-9-25-19/h2-11H,1H3. The van der Waals surface area contributed by atoms with Crippen molar-refractivity contribution < 1.29 is 21.6 Å². The Kier molecular flexibility index (Phi) is 5.40. The summed E-state index contributed by atoms with van der Waals surface area (Å²) in [7, 11) is -3.40. The third-order valence-corrected chi connectivity index (χ3v) is 6.91. The van der Waals surface area contributed by atoms with Crippen LogP contribution < -0.4 is 0 Å². The highest BCUT2D eigenvalue weighted by Crippen LogP contribution is 2.39. The van der Waals surface area contributed by atoms with Gasteiger partial charge in [0.25, 0.3) is 0 Å². The summed E-state index contributed by atoms with van der Waals surface area (Å²) in [5, 5.41) is 3.84. The minimum Gasteiger partial charge on any atom is -0.236 e. The van der Waals surface area contributed by atoms with Crippen molar-refractivity contribution >= 4 is 32.8 Å². The van der Waals surface area contributed by atoms with E-state index in [-0.39, 0.29) is 21.4 Å². The van der Waals surface area contributed by atoms with Gasteiger partial charge in [-0.1, -0.05) is 23.7 Å². The van der Waals surface area contributed by atoms with Crippen molar-refractivity contribution in [1.82, 2.24) is 14.8 Å². The number of nitrogens with zero attached hydrogens (tertiary/aromatic N) is 3. The van der Waals surface area contributed by atoms with Gasteiger partial charge in [0.2, 0.25) is 0 Å². The van der Waals surface area contributed by atoms with Crippen molar-refractivity contribution in [3.63, 3.8) is 0 Å². The number of alkyl halides is 3. The highest BCUT2D eigenvalue weighted by Gasteiger charge is 2.36. The van der Waals surface area contributed by atoms with E-state index in [1.807, 2.05) is 0 Å². The minimum atomic E-state index is -4.65. The van der Waals surface area contributed by atoms with Crippen molar-refractivity contribution in [2.24, 2.45) is 0 Å². The van der Waals surface area contributed by atoms with E-state index in [9.17, 15) is 21.6 Å². The summed E-state index contributed by atoms with van der Waals surface area (Å²) in [6.45, 7) is 0. The van der Waals surface area contributed by atoms with E-state index < -0.39 is 21.7 Å². The molecule has 3 aromatic heterocycles. The molecule has 0 saturated carbocycles. The molecule has 0 amide bonds. The van der Waals surface area contributed by atoms with Gasteiger partial charge in [-0.2, -0.15) is 18.3 Å². The molecular weight excluding hydrogens is 471 g/mol. The fraction of sp³-hybridized carbons (Fsp3) is 0.100. The fourth-order valence-corrected chi connectivity index (χ4v) is 4.77. The maximum absolute atomic E-state index is 13.4. The fourth-order valence-electron chi connectivity index (χ4n) is 2.90. The smallest absolute Gasteiger partial charge is 0.236 e. The Balaban J connectivity index is 1.84. The number of thiophene rings is 1. The normalized spacial score (nSPS) is 12.3. The Hall–Kier alpha value is -2.69. The molecule has 0 aliphatic carbocycles. The molecule has 0 N–H and O–H groups in total. The van der Waals surface area contributed by atoms with E-state index in [0.717, 1.165) is 17.0 Å². The molecule has 0 atom stereocenters. The first kappa shape index (κ1) is 21.5. The molecule has 0 aliphatic heterocycles. The molecule has 0 aliphatic rings. The number of hydrogen-bond donors (Lipinski definition) is 0. The summed E-state index contributed by atoms with van der Waals surface area (Å²) in [6.07, 6.45) is -2.12. The van der Waals surface area contributed by atoms with Crippen LogP contribution in [-0.4, -0.2) is 29.4 Å². The molecule has 160 valence electrons. The van der Waals surface area contributed by atoms with E-state index >= 15 is 0 Å². The van der Waals surface area contributed by atoms with Gasteiger partial charge in [0, 0.05) is 17.3 Å². The van der Waals surface area contributed by atoms with Crippen LogP contribution in [0, 0.1) is 0 Å². The second-order valence-corrected chi connectivity index (χ2v) is 10.1. The number of pyridine rings is 1. The molecule has 1 aromatic carbocycles. The SMILES string of the molecule is CS(=O)(=O)c1cccc(-c2ccc(-c3cc(C(F)(F)F)nn3-c3ncccc3Cl)s2)c1. The molecule has 4 aromatic rings. The zero-order valence-electron chi connectivity index (χ0n) is 15.8. The van der Waals surface area contributed by atoms with E-state index in [0.29, 0.717) is 15.3 Å². The van der Waals surface area contributed by atoms with Crippen LogP contribution in [-0.2, 0) is 16.0 Å². The average Bonchev–Trinajstić information content (AvgIpc) is 3.35. The number of benzene rings is 1. The van der Waals surface area contributed by atoms with E-state index in [1.165, 1.54) is 35.7 Å². The van der Waals surface area contributed by atoms with Crippen LogP contribution >= 0.6 is 22.9 Å². The molecule has 0 unspecified atom stereocenters. The lowest BCUT2D eigenvalue weighted by molar-refractivity contribution is -0.141. The first-order valence-electron chi connectivity index (χ1n) is 8.73. The van der Waals surface area contributed by atoms with Gasteiger partial charge in [0.1, 0.15) is 0 Å². The van der Waals surface area contributed by atoms with Gasteiger partial charge >= 0.3 is 6.18 Å². The lowest BCUT2D eigenvalue weighted by Crippen LogP contribution is -2.08. The zero-order chi connectivity index (χ0) is 22.4. The van der Waals surface area contributed by atoms with Gasteiger partial charge in [0.15, 0.2) is 21.3 Å². The van der Waals surface area contributed by atoms with Crippen LogP contribution in [0.2, 0.25) is 5.02 Å². The first-order valence-corrected chi connectivity index (χ1v) is 11.8. The van der Waals surface area contributed by atoms with Crippen LogP contribution in [0.3, 0.4) is 0 Å². The molecule has 4 rings (SSSR count). The van der Waals surface area contributed by atoms with Crippen molar-refractivity contribution in [3.8, 4) is 26.8 Å². The second-order valence-electron chi connectivity index (χ2n) is 6.60. The van der Waals surface area contributed by atoms with Crippen LogP contribution in [0.25, 0.3) is 26.8 Å². The third-order valence-electron chi connectivity index (χ3n) is 4.34. The van der Waals surface area contributed by atoms with Crippen molar-refractivity contribution in [2.75, 3.05) is 6.26 Å². The Morgan fingerprint density at radius 3 is 2.45 bits per heavy atom. The minimum absolute atomic E-state index is 0.0729. The van der Waals surface area contributed by atoms with Gasteiger partial charge in [-0.25, -0.2) is 18.1 Å². The molecule has 0 radical (unpaired) electrons. The molecule has 11 heteroatoms. The summed E-state index contributed by atoms with van der Waals surface area (Å²) in [5.74, 6) is 0.0729. The summed E-state index contributed by atoms with van der Waals surface area (Å²) in [5.41, 5.74) is -0.265. The average molecular weight is 484 g/mol. The Bertz CT molecular complexity index is 1380. The molecule has 0 spiro atoms. The molecule has 3 heterocycles. The highest BCUT2D eigenvalue weighted by molar-refractivity contribution is 7.90. The monoisotopic (exact) mass is 483 g/mol. The van der Waals surface area contributed by atoms with Crippen LogP contribution in [0.1, 0.15) is 5.69 Å². The Morgan fingerprint density at radius 1 is 1.03 bits per heavy atom.